The second-order valence-corrected chi connectivity index (χ2v) is 8.62. The van der Waals surface area contributed by atoms with Gasteiger partial charge in [-0.3, -0.25) is 0 Å². The molecule has 2 aromatic rings. The molecule has 0 aromatic heterocycles. The Hall–Kier alpha value is -2.15. The van der Waals surface area contributed by atoms with Gasteiger partial charge in [0.1, 0.15) is 24.6 Å². The molecule has 1 saturated carbocycles. The first kappa shape index (κ1) is 22.1. The largest absolute Gasteiger partial charge is 0.491 e. The molecule has 1 aliphatic heterocycles. The number of halogens is 2. The summed E-state index contributed by atoms with van der Waals surface area (Å²) in [4.78, 5) is 12.5. The van der Waals surface area contributed by atoms with Crippen LogP contribution in [0.15, 0.2) is 54.6 Å². The highest BCUT2D eigenvalue weighted by Crippen LogP contribution is 2.46. The second kappa shape index (κ2) is 9.98. The quantitative estimate of drug-likeness (QED) is 0.587. The Morgan fingerprint density at radius 2 is 2.00 bits per heavy atom. The molecule has 1 heterocycles. The van der Waals surface area contributed by atoms with Gasteiger partial charge in [-0.25, -0.2) is 9.18 Å². The van der Waals surface area contributed by atoms with Crippen LogP contribution in [0.3, 0.4) is 0 Å². The van der Waals surface area contributed by atoms with Crippen LogP contribution < -0.4 is 4.74 Å². The number of carbonyl (C=O) groups excluding carboxylic acids is 1. The van der Waals surface area contributed by atoms with E-state index in [1.807, 2.05) is 6.07 Å². The molecule has 5 nitrogen and oxygen atoms in total. The first-order valence-corrected chi connectivity index (χ1v) is 11.0. The maximum atomic E-state index is 14.6. The van der Waals surface area contributed by atoms with Gasteiger partial charge in [-0.1, -0.05) is 35.9 Å². The van der Waals surface area contributed by atoms with E-state index in [-0.39, 0.29) is 37.1 Å². The van der Waals surface area contributed by atoms with Crippen LogP contribution in [0.4, 0.5) is 4.39 Å². The van der Waals surface area contributed by atoms with Crippen LogP contribution in [0.25, 0.3) is 0 Å². The molecule has 6 atom stereocenters. The van der Waals surface area contributed by atoms with Gasteiger partial charge in [-0.05, 0) is 49.1 Å². The van der Waals surface area contributed by atoms with E-state index in [4.69, 9.17) is 25.8 Å². The monoisotopic (exact) mass is 448 g/mol. The van der Waals surface area contributed by atoms with Crippen LogP contribution in [-0.4, -0.2) is 42.4 Å². The van der Waals surface area contributed by atoms with Crippen molar-refractivity contribution in [3.8, 4) is 5.75 Å². The molecule has 1 aliphatic carbocycles. The third-order valence-corrected chi connectivity index (χ3v) is 6.32. The number of hydrogen-bond donors (Lipinski definition) is 1. The Morgan fingerprint density at radius 1 is 1.19 bits per heavy atom. The molecule has 7 heteroatoms. The number of benzene rings is 2. The number of alkyl halides is 1. The average molecular weight is 449 g/mol. The number of esters is 1. The first-order valence-electron chi connectivity index (χ1n) is 10.6. The van der Waals surface area contributed by atoms with Crippen molar-refractivity contribution in [1.82, 2.24) is 0 Å². The first-order chi connectivity index (χ1) is 15.0. The van der Waals surface area contributed by atoms with Crippen molar-refractivity contribution < 1.29 is 28.5 Å². The molecular formula is C24H26ClFO5. The summed E-state index contributed by atoms with van der Waals surface area (Å²) in [6.45, 7) is -0.0747. The summed E-state index contributed by atoms with van der Waals surface area (Å²) in [5, 5.41) is 10.4. The number of carbonyl (C=O) groups is 1. The summed E-state index contributed by atoms with van der Waals surface area (Å²) in [5.74, 6) is 0.110. The van der Waals surface area contributed by atoms with E-state index in [9.17, 15) is 14.3 Å². The Bertz CT molecular complexity index is 879. The van der Waals surface area contributed by atoms with Crippen molar-refractivity contribution in [2.75, 3.05) is 6.61 Å². The lowest BCUT2D eigenvalue weighted by atomic mass is 9.87. The lowest BCUT2D eigenvalue weighted by Crippen LogP contribution is -2.27. The third kappa shape index (κ3) is 5.56. The summed E-state index contributed by atoms with van der Waals surface area (Å²) in [6, 6.07) is 15.7. The summed E-state index contributed by atoms with van der Waals surface area (Å²) in [6.07, 6.45) is -0.739. The summed E-state index contributed by atoms with van der Waals surface area (Å²) < 4.78 is 31.5. The van der Waals surface area contributed by atoms with E-state index in [1.54, 1.807) is 48.5 Å². The van der Waals surface area contributed by atoms with Crippen LogP contribution in [0.1, 0.15) is 36.0 Å². The van der Waals surface area contributed by atoms with Gasteiger partial charge in [0.2, 0.25) is 0 Å². The van der Waals surface area contributed by atoms with E-state index >= 15 is 0 Å². The molecule has 4 rings (SSSR count). The summed E-state index contributed by atoms with van der Waals surface area (Å²) in [5.41, 5.74) is 0.484. The average Bonchev–Trinajstić information content (AvgIpc) is 3.27. The van der Waals surface area contributed by atoms with Gasteiger partial charge in [0, 0.05) is 23.8 Å². The SMILES string of the molecule is O=C(OC1CC2OC(O)CC2C1CCC(F)COc1cccc(Cl)c1)c1ccccc1. The molecule has 2 fully saturated rings. The highest BCUT2D eigenvalue weighted by Gasteiger charge is 2.50. The molecule has 1 N–H and O–H groups in total. The van der Waals surface area contributed by atoms with E-state index in [0.29, 0.717) is 35.6 Å². The van der Waals surface area contributed by atoms with E-state index in [1.165, 1.54) is 0 Å². The molecule has 166 valence electrons. The number of ether oxygens (including phenoxy) is 3. The van der Waals surface area contributed by atoms with Gasteiger partial charge in [0.15, 0.2) is 6.29 Å². The third-order valence-electron chi connectivity index (χ3n) is 6.08. The molecule has 2 aliphatic rings. The predicted molar refractivity (Wildman–Crippen MR) is 114 cm³/mol. The fraction of sp³-hybridized carbons (Fsp3) is 0.458. The maximum absolute atomic E-state index is 14.6. The fourth-order valence-corrected chi connectivity index (χ4v) is 4.80. The Balaban J connectivity index is 1.34. The Kier molecular flexibility index (Phi) is 7.10. The van der Waals surface area contributed by atoms with Crippen molar-refractivity contribution in [3.05, 3.63) is 65.2 Å². The van der Waals surface area contributed by atoms with E-state index in [0.717, 1.165) is 0 Å². The molecule has 0 spiro atoms. The summed E-state index contributed by atoms with van der Waals surface area (Å²) >= 11 is 5.93. The minimum atomic E-state index is -1.17. The topological polar surface area (TPSA) is 65.0 Å². The van der Waals surface area contributed by atoms with Gasteiger partial charge < -0.3 is 19.3 Å². The standard InChI is InChI=1S/C24H26ClFO5/c25-16-7-4-8-18(11-16)29-14-17(26)9-10-19-20-12-23(27)30-22(20)13-21(19)31-24(28)15-5-2-1-3-6-15/h1-8,11,17,19-23,27H,9-10,12-14H2. The molecule has 31 heavy (non-hydrogen) atoms. The van der Waals surface area contributed by atoms with Gasteiger partial charge in [0.05, 0.1) is 11.7 Å². The van der Waals surface area contributed by atoms with Gasteiger partial charge in [-0.15, -0.1) is 0 Å². The predicted octanol–water partition coefficient (Wildman–Crippen LogP) is 4.81. The van der Waals surface area contributed by atoms with Gasteiger partial charge >= 0.3 is 5.97 Å². The van der Waals surface area contributed by atoms with Crippen LogP contribution >= 0.6 is 11.6 Å². The minimum absolute atomic E-state index is 0.0459. The van der Waals surface area contributed by atoms with Crippen molar-refractivity contribution in [3.63, 3.8) is 0 Å². The van der Waals surface area contributed by atoms with Crippen LogP contribution in [0.5, 0.6) is 5.75 Å². The number of rotatable bonds is 8. The number of fused-ring (bicyclic) bond motifs is 1. The highest BCUT2D eigenvalue weighted by atomic mass is 35.5. The molecule has 0 radical (unpaired) electrons. The second-order valence-electron chi connectivity index (χ2n) is 8.18. The lowest BCUT2D eigenvalue weighted by Gasteiger charge is -2.24. The Morgan fingerprint density at radius 3 is 2.77 bits per heavy atom. The van der Waals surface area contributed by atoms with Crippen LogP contribution in [0.2, 0.25) is 5.02 Å². The maximum Gasteiger partial charge on any atom is 0.338 e. The van der Waals surface area contributed by atoms with Crippen molar-refractivity contribution >= 4 is 17.6 Å². The molecular weight excluding hydrogens is 423 g/mol. The number of aliphatic hydroxyl groups is 1. The van der Waals surface area contributed by atoms with Crippen LogP contribution in [0, 0.1) is 11.8 Å². The number of aliphatic hydroxyl groups excluding tert-OH is 1. The van der Waals surface area contributed by atoms with E-state index < -0.39 is 18.4 Å². The number of hydrogen-bond acceptors (Lipinski definition) is 5. The zero-order chi connectivity index (χ0) is 21.8. The Labute approximate surface area is 186 Å². The zero-order valence-electron chi connectivity index (χ0n) is 17.0. The smallest absolute Gasteiger partial charge is 0.338 e. The molecule has 1 saturated heterocycles. The molecule has 2 aromatic carbocycles. The highest BCUT2D eigenvalue weighted by molar-refractivity contribution is 6.30. The van der Waals surface area contributed by atoms with Crippen molar-refractivity contribution in [1.29, 1.82) is 0 Å². The minimum Gasteiger partial charge on any atom is -0.491 e. The molecule has 6 unspecified atom stereocenters. The zero-order valence-corrected chi connectivity index (χ0v) is 17.8. The van der Waals surface area contributed by atoms with Gasteiger partial charge in [0.25, 0.3) is 0 Å². The van der Waals surface area contributed by atoms with Crippen molar-refractivity contribution in [2.45, 2.75) is 50.4 Å². The van der Waals surface area contributed by atoms with Gasteiger partial charge in [-0.2, -0.15) is 0 Å². The molecule has 0 bridgehead atoms. The normalized spacial score (nSPS) is 28.2. The lowest BCUT2D eigenvalue weighted by molar-refractivity contribution is -0.0958. The van der Waals surface area contributed by atoms with Crippen LogP contribution in [-0.2, 0) is 9.47 Å². The fourth-order valence-electron chi connectivity index (χ4n) is 4.62. The van der Waals surface area contributed by atoms with Crippen molar-refractivity contribution in [2.24, 2.45) is 11.8 Å². The summed E-state index contributed by atoms with van der Waals surface area (Å²) in [7, 11) is 0. The molecule has 0 amide bonds. The van der Waals surface area contributed by atoms with E-state index in [2.05, 4.69) is 0 Å².